The summed E-state index contributed by atoms with van der Waals surface area (Å²) in [5.41, 5.74) is -0.0528. The first-order valence-electron chi connectivity index (χ1n) is 11.7. The number of amides is 2. The third-order valence-electron chi connectivity index (χ3n) is 6.04. The molecular weight excluding hydrogens is 543 g/mol. The number of thioether (sulfide) groups is 1. The fraction of sp³-hybridized carbons (Fsp3) is 0.320. The smallest absolute Gasteiger partial charge is 0.357 e. The third-order valence-corrected chi connectivity index (χ3v) is 6.60. The summed E-state index contributed by atoms with van der Waals surface area (Å²) in [6, 6.07) is 4.71. The van der Waals surface area contributed by atoms with E-state index in [1.165, 1.54) is 28.8 Å². The topological polar surface area (TPSA) is 92.6 Å². The van der Waals surface area contributed by atoms with Crippen molar-refractivity contribution in [1.82, 2.24) is 19.9 Å². The van der Waals surface area contributed by atoms with Crippen LogP contribution in [0.2, 0.25) is 0 Å². The zero-order valence-corrected chi connectivity index (χ0v) is 21.6. The number of aromatic nitrogens is 3. The first-order chi connectivity index (χ1) is 18.6. The molecule has 3 aromatic rings. The predicted octanol–water partition coefficient (Wildman–Crippen LogP) is 6.11. The Morgan fingerprint density at radius 2 is 1.85 bits per heavy atom. The van der Waals surface area contributed by atoms with E-state index in [2.05, 4.69) is 25.4 Å². The number of halogens is 5. The number of pyridine rings is 1. The quantitative estimate of drug-likeness (QED) is 0.127. The van der Waals surface area contributed by atoms with Gasteiger partial charge in [0.15, 0.2) is 10.9 Å². The van der Waals surface area contributed by atoms with Crippen molar-refractivity contribution < 1.29 is 31.6 Å². The van der Waals surface area contributed by atoms with Gasteiger partial charge >= 0.3 is 12.2 Å². The summed E-state index contributed by atoms with van der Waals surface area (Å²) >= 11 is 1.34. The molecular formula is C25H23F5N6O2S. The van der Waals surface area contributed by atoms with E-state index in [4.69, 9.17) is 4.84 Å². The number of nitrogens with one attached hydrogen (secondary N) is 1. The number of anilines is 1. The van der Waals surface area contributed by atoms with Gasteiger partial charge in [-0.15, -0.1) is 0 Å². The van der Waals surface area contributed by atoms with Gasteiger partial charge in [-0.2, -0.15) is 13.2 Å². The molecule has 1 aliphatic heterocycles. The number of carbonyl (C=O) groups is 1. The Morgan fingerprint density at radius 1 is 1.15 bits per heavy atom. The van der Waals surface area contributed by atoms with Gasteiger partial charge < -0.3 is 15.1 Å². The number of hydrogen-bond donors (Lipinski definition) is 1. The number of nitrogens with zero attached hydrogens (tertiary/aromatic N) is 5. The summed E-state index contributed by atoms with van der Waals surface area (Å²) in [5.74, 6) is -1.98. The van der Waals surface area contributed by atoms with Crippen molar-refractivity contribution in [2.75, 3.05) is 24.7 Å². The van der Waals surface area contributed by atoms with Gasteiger partial charge in [-0.1, -0.05) is 23.0 Å². The van der Waals surface area contributed by atoms with E-state index in [0.717, 1.165) is 24.4 Å². The average Bonchev–Trinajstić information content (AvgIpc) is 2.93. The van der Waals surface area contributed by atoms with Crippen molar-refractivity contribution in [3.05, 3.63) is 71.3 Å². The van der Waals surface area contributed by atoms with Crippen molar-refractivity contribution in [2.45, 2.75) is 37.0 Å². The zero-order valence-electron chi connectivity index (χ0n) is 20.8. The van der Waals surface area contributed by atoms with E-state index >= 15 is 0 Å². The standard InChI is InChI=1S/C25H23F5N6O2S/c1-14(35-38-16-6-9-31-20(12-16)25(28,29)30)17-13-32-23(39-2)33-21(17)15-7-10-36(11-8-15)24(37)34-22-18(26)4-3-5-19(22)27/h3-6,9,12-13,15H,7-8,10-11H2,1-2H3,(H,34,37)/b35-14+. The molecule has 1 fully saturated rings. The van der Waals surface area contributed by atoms with E-state index in [-0.39, 0.29) is 11.7 Å². The first kappa shape index (κ1) is 28.2. The SMILES string of the molecule is CSc1ncc(/C(C)=N/Oc2ccnc(C(F)(F)F)c2)c(C2CCN(C(=O)Nc3c(F)cccc3F)CC2)n1. The van der Waals surface area contributed by atoms with Crippen molar-refractivity contribution in [2.24, 2.45) is 5.16 Å². The first-order valence-corrected chi connectivity index (χ1v) is 13.0. The second-order valence-corrected chi connectivity index (χ2v) is 9.36. The fourth-order valence-electron chi connectivity index (χ4n) is 4.02. The Bertz CT molecular complexity index is 1360. The number of oxime groups is 1. The van der Waals surface area contributed by atoms with Crippen molar-refractivity contribution >= 4 is 29.2 Å². The second kappa shape index (κ2) is 11.9. The van der Waals surface area contributed by atoms with Crippen LogP contribution in [0.3, 0.4) is 0 Å². The summed E-state index contributed by atoms with van der Waals surface area (Å²) in [6.07, 6.45) is 0.748. The highest BCUT2D eigenvalue weighted by Gasteiger charge is 2.33. The number of alkyl halides is 3. The van der Waals surface area contributed by atoms with Crippen molar-refractivity contribution in [3.8, 4) is 5.75 Å². The van der Waals surface area contributed by atoms with Gasteiger partial charge in [0.1, 0.15) is 23.0 Å². The minimum atomic E-state index is -4.62. The molecule has 206 valence electrons. The molecule has 0 bridgehead atoms. The maximum atomic E-state index is 13.9. The molecule has 0 saturated carbocycles. The third kappa shape index (κ3) is 6.80. The van der Waals surface area contributed by atoms with Gasteiger partial charge in [0.25, 0.3) is 0 Å². The monoisotopic (exact) mass is 566 g/mol. The second-order valence-electron chi connectivity index (χ2n) is 8.59. The molecule has 0 atom stereocenters. The molecule has 0 spiro atoms. The van der Waals surface area contributed by atoms with Crippen LogP contribution >= 0.6 is 11.8 Å². The lowest BCUT2D eigenvalue weighted by atomic mass is 9.90. The van der Waals surface area contributed by atoms with Crippen LogP contribution in [0.15, 0.2) is 53.0 Å². The summed E-state index contributed by atoms with van der Waals surface area (Å²) in [4.78, 5) is 31.6. The number of carbonyl (C=O) groups excluding carboxylic acids is 1. The van der Waals surface area contributed by atoms with E-state index in [0.29, 0.717) is 48.1 Å². The molecule has 8 nitrogen and oxygen atoms in total. The average molecular weight is 567 g/mol. The molecule has 1 aliphatic rings. The summed E-state index contributed by atoms with van der Waals surface area (Å²) in [5, 5.41) is 6.80. The number of piperidine rings is 1. The number of para-hydroxylation sites is 1. The van der Waals surface area contributed by atoms with Gasteiger partial charge in [0.05, 0.1) is 11.4 Å². The van der Waals surface area contributed by atoms with Gasteiger partial charge in [0.2, 0.25) is 0 Å². The maximum Gasteiger partial charge on any atom is 0.433 e. The van der Waals surface area contributed by atoms with Gasteiger partial charge in [-0.3, -0.25) is 4.98 Å². The van der Waals surface area contributed by atoms with Gasteiger partial charge in [-0.05, 0) is 38.2 Å². The molecule has 2 amide bonds. The molecule has 1 saturated heterocycles. The Kier molecular flexibility index (Phi) is 8.63. The van der Waals surface area contributed by atoms with E-state index < -0.39 is 35.2 Å². The zero-order chi connectivity index (χ0) is 28.2. The molecule has 39 heavy (non-hydrogen) atoms. The van der Waals surface area contributed by atoms with Crippen LogP contribution in [0, 0.1) is 11.6 Å². The van der Waals surface area contributed by atoms with Crippen LogP contribution in [0.25, 0.3) is 0 Å². The predicted molar refractivity (Wildman–Crippen MR) is 135 cm³/mol. The maximum absolute atomic E-state index is 13.9. The molecule has 3 heterocycles. The molecule has 14 heteroatoms. The highest BCUT2D eigenvalue weighted by atomic mass is 32.2. The summed E-state index contributed by atoms with van der Waals surface area (Å²) in [6.45, 7) is 2.22. The van der Waals surface area contributed by atoms with Crippen LogP contribution in [-0.2, 0) is 6.18 Å². The summed E-state index contributed by atoms with van der Waals surface area (Å²) in [7, 11) is 0. The van der Waals surface area contributed by atoms with E-state index in [1.807, 2.05) is 6.26 Å². The minimum absolute atomic E-state index is 0.106. The van der Waals surface area contributed by atoms with Crippen LogP contribution in [0.1, 0.15) is 42.6 Å². The van der Waals surface area contributed by atoms with E-state index in [9.17, 15) is 26.7 Å². The Labute approximate surface area is 224 Å². The van der Waals surface area contributed by atoms with Gasteiger partial charge in [-0.25, -0.2) is 23.5 Å². The normalized spacial score (nSPS) is 14.8. The highest BCUT2D eigenvalue weighted by Crippen LogP contribution is 2.32. The molecule has 2 aromatic heterocycles. The number of hydrogen-bond acceptors (Lipinski definition) is 7. The summed E-state index contributed by atoms with van der Waals surface area (Å²) < 4.78 is 66.7. The van der Waals surface area contributed by atoms with Crippen LogP contribution < -0.4 is 10.2 Å². The van der Waals surface area contributed by atoms with Crippen molar-refractivity contribution in [3.63, 3.8) is 0 Å². The Hall–Kier alpha value is -3.81. The lowest BCUT2D eigenvalue weighted by Crippen LogP contribution is -2.41. The molecule has 1 aromatic carbocycles. The van der Waals surface area contributed by atoms with Crippen LogP contribution in [-0.4, -0.2) is 50.9 Å². The number of likely N-dealkylation sites (tertiary alicyclic amines) is 1. The fourth-order valence-corrected chi connectivity index (χ4v) is 4.37. The Morgan fingerprint density at radius 3 is 2.49 bits per heavy atom. The Balaban J connectivity index is 1.48. The van der Waals surface area contributed by atoms with Gasteiger partial charge in [0, 0.05) is 49.1 Å². The molecule has 4 rings (SSSR count). The van der Waals surface area contributed by atoms with E-state index in [1.54, 1.807) is 13.1 Å². The lowest BCUT2D eigenvalue weighted by Gasteiger charge is -2.32. The number of rotatable bonds is 6. The molecule has 0 radical (unpaired) electrons. The molecule has 0 unspecified atom stereocenters. The van der Waals surface area contributed by atoms with Crippen molar-refractivity contribution in [1.29, 1.82) is 0 Å². The van der Waals surface area contributed by atoms with Crippen LogP contribution in [0.4, 0.5) is 32.4 Å². The van der Waals surface area contributed by atoms with Crippen LogP contribution in [0.5, 0.6) is 5.75 Å². The molecule has 0 aliphatic carbocycles. The molecule has 1 N–H and O–H groups in total. The number of urea groups is 1. The lowest BCUT2D eigenvalue weighted by molar-refractivity contribution is -0.141. The largest absolute Gasteiger partial charge is 0.433 e. The number of benzene rings is 1. The highest BCUT2D eigenvalue weighted by molar-refractivity contribution is 7.98. The minimum Gasteiger partial charge on any atom is -0.357 e.